The summed E-state index contributed by atoms with van der Waals surface area (Å²) in [6.45, 7) is 2.42. The van der Waals surface area contributed by atoms with Gasteiger partial charge in [0, 0.05) is 0 Å². The van der Waals surface area contributed by atoms with Crippen molar-refractivity contribution in [3.8, 4) is 0 Å². The molecule has 0 N–H and O–H groups in total. The molecule has 2 atom stereocenters. The number of fused-ring (bicyclic) bond motifs is 2. The monoisotopic (exact) mass is 170 g/mol. The third-order valence-electron chi connectivity index (χ3n) is 3.46. The normalized spacial score (nSPS) is 43.9. The van der Waals surface area contributed by atoms with Gasteiger partial charge in [0.1, 0.15) is 0 Å². The maximum absolute atomic E-state index is 2.42. The van der Waals surface area contributed by atoms with E-state index in [2.05, 4.69) is 6.92 Å². The zero-order valence-corrected chi connectivity index (χ0v) is 8.45. The van der Waals surface area contributed by atoms with Gasteiger partial charge in [-0.1, -0.05) is 19.8 Å². The van der Waals surface area contributed by atoms with E-state index in [1.165, 1.54) is 17.5 Å². The van der Waals surface area contributed by atoms with Crippen LogP contribution in [0.15, 0.2) is 0 Å². The van der Waals surface area contributed by atoms with E-state index in [0.717, 1.165) is 0 Å². The lowest BCUT2D eigenvalue weighted by Crippen LogP contribution is -2.01. The Morgan fingerprint density at radius 2 is 1.55 bits per heavy atom. The topological polar surface area (TPSA) is 0 Å². The predicted molar refractivity (Wildman–Crippen MR) is 52.7 cm³/mol. The van der Waals surface area contributed by atoms with E-state index in [0.29, 0.717) is 7.92 Å². The highest BCUT2D eigenvalue weighted by Gasteiger charge is 2.34. The Balaban J connectivity index is 2.06. The minimum atomic E-state index is 0.493. The molecule has 2 aliphatic rings. The van der Waals surface area contributed by atoms with Crippen molar-refractivity contribution in [2.75, 3.05) is 6.16 Å². The van der Waals surface area contributed by atoms with Crippen molar-refractivity contribution < 1.29 is 0 Å². The molecular formula is C10H19P. The van der Waals surface area contributed by atoms with Gasteiger partial charge >= 0.3 is 0 Å². The zero-order chi connectivity index (χ0) is 7.68. The molecule has 2 aliphatic heterocycles. The molecule has 64 valence electrons. The Kier molecular flexibility index (Phi) is 2.51. The number of hydrogen-bond donors (Lipinski definition) is 0. The summed E-state index contributed by atoms with van der Waals surface area (Å²) in [5.41, 5.74) is 2.39. The predicted octanol–water partition coefficient (Wildman–Crippen LogP) is 3.59. The fraction of sp³-hybridized carbons (Fsp3) is 1.00. The zero-order valence-electron chi connectivity index (χ0n) is 7.55. The minimum absolute atomic E-state index is 0.493. The van der Waals surface area contributed by atoms with Crippen LogP contribution in [0.2, 0.25) is 0 Å². The van der Waals surface area contributed by atoms with E-state index < -0.39 is 0 Å². The van der Waals surface area contributed by atoms with Gasteiger partial charge in [0.05, 0.1) is 0 Å². The van der Waals surface area contributed by atoms with Crippen LogP contribution in [0.1, 0.15) is 45.4 Å². The summed E-state index contributed by atoms with van der Waals surface area (Å²) in [4.78, 5) is 0. The van der Waals surface area contributed by atoms with Crippen LogP contribution in [0.5, 0.6) is 0 Å². The molecule has 2 fully saturated rings. The molecule has 11 heavy (non-hydrogen) atoms. The molecule has 2 saturated heterocycles. The molecule has 2 unspecified atom stereocenters. The molecular weight excluding hydrogens is 151 g/mol. The van der Waals surface area contributed by atoms with E-state index in [1.807, 2.05) is 0 Å². The Morgan fingerprint density at radius 3 is 2.00 bits per heavy atom. The van der Waals surface area contributed by atoms with Gasteiger partial charge in [-0.2, -0.15) is 0 Å². The molecule has 0 aliphatic carbocycles. The maximum atomic E-state index is 2.42. The summed E-state index contributed by atoms with van der Waals surface area (Å²) in [5, 5.41) is 0. The molecule has 2 bridgehead atoms. The van der Waals surface area contributed by atoms with E-state index in [9.17, 15) is 0 Å². The van der Waals surface area contributed by atoms with E-state index in [1.54, 1.807) is 38.5 Å². The first-order valence-electron chi connectivity index (χ1n) is 5.17. The summed E-state index contributed by atoms with van der Waals surface area (Å²) in [6, 6.07) is 0. The molecule has 0 amide bonds. The molecule has 0 radical (unpaired) electrons. The van der Waals surface area contributed by atoms with Gasteiger partial charge < -0.3 is 0 Å². The van der Waals surface area contributed by atoms with Crippen LogP contribution in [0, 0.1) is 0 Å². The molecule has 0 aromatic carbocycles. The Hall–Kier alpha value is 0.430. The molecule has 1 heteroatoms. The maximum Gasteiger partial charge on any atom is -0.0207 e. The lowest BCUT2D eigenvalue weighted by Gasteiger charge is -2.20. The van der Waals surface area contributed by atoms with Gasteiger partial charge in [0.25, 0.3) is 0 Å². The highest BCUT2D eigenvalue weighted by molar-refractivity contribution is 7.59. The number of hydrogen-bond acceptors (Lipinski definition) is 0. The fourth-order valence-electron chi connectivity index (χ4n) is 2.91. The van der Waals surface area contributed by atoms with E-state index >= 15 is 0 Å². The van der Waals surface area contributed by atoms with Gasteiger partial charge in [-0.3, -0.25) is 0 Å². The molecule has 0 saturated carbocycles. The highest BCUT2D eigenvalue weighted by atomic mass is 31.1. The summed E-state index contributed by atoms with van der Waals surface area (Å²) >= 11 is 0. The van der Waals surface area contributed by atoms with Crippen LogP contribution in [0.4, 0.5) is 0 Å². The average molecular weight is 170 g/mol. The summed E-state index contributed by atoms with van der Waals surface area (Å²) in [5.74, 6) is 0. The molecule has 0 spiro atoms. The lowest BCUT2D eigenvalue weighted by atomic mass is 10.0. The second-order valence-corrected chi connectivity index (χ2v) is 7.12. The molecule has 0 aromatic heterocycles. The second kappa shape index (κ2) is 3.44. The van der Waals surface area contributed by atoms with Crippen molar-refractivity contribution in [1.29, 1.82) is 0 Å². The lowest BCUT2D eigenvalue weighted by molar-refractivity contribution is 0.556. The fourth-order valence-corrected chi connectivity index (χ4v) is 6.53. The van der Waals surface area contributed by atoms with Crippen molar-refractivity contribution in [3.63, 3.8) is 0 Å². The third kappa shape index (κ3) is 1.47. The van der Waals surface area contributed by atoms with Crippen LogP contribution in [-0.2, 0) is 0 Å². The smallest absolute Gasteiger partial charge is 0.0207 e. The van der Waals surface area contributed by atoms with E-state index in [4.69, 9.17) is 0 Å². The van der Waals surface area contributed by atoms with Crippen molar-refractivity contribution in [3.05, 3.63) is 0 Å². The summed E-state index contributed by atoms with van der Waals surface area (Å²) in [6.07, 6.45) is 10.9. The largest absolute Gasteiger partial charge is 0.101 e. The Morgan fingerprint density at radius 1 is 1.00 bits per heavy atom. The van der Waals surface area contributed by atoms with E-state index in [-0.39, 0.29) is 0 Å². The van der Waals surface area contributed by atoms with Crippen molar-refractivity contribution in [1.82, 2.24) is 0 Å². The highest BCUT2D eigenvalue weighted by Crippen LogP contribution is 2.59. The molecule has 2 rings (SSSR count). The Labute approximate surface area is 71.5 Å². The summed E-state index contributed by atoms with van der Waals surface area (Å²) in [7, 11) is 0.493. The number of rotatable bonds is 1. The molecule has 2 heterocycles. The van der Waals surface area contributed by atoms with Crippen LogP contribution < -0.4 is 0 Å². The van der Waals surface area contributed by atoms with Crippen LogP contribution in [0.25, 0.3) is 0 Å². The van der Waals surface area contributed by atoms with Crippen LogP contribution in [-0.4, -0.2) is 17.5 Å². The first-order valence-corrected chi connectivity index (χ1v) is 6.84. The minimum Gasteiger partial charge on any atom is -0.101 e. The van der Waals surface area contributed by atoms with Crippen molar-refractivity contribution in [2.45, 2.75) is 56.8 Å². The molecule has 0 nitrogen and oxygen atoms in total. The van der Waals surface area contributed by atoms with Gasteiger partial charge in [-0.25, -0.2) is 0 Å². The average Bonchev–Trinajstić information content (AvgIpc) is 2.23. The van der Waals surface area contributed by atoms with Crippen LogP contribution >= 0.6 is 7.92 Å². The first-order chi connectivity index (χ1) is 5.42. The first kappa shape index (κ1) is 8.05. The van der Waals surface area contributed by atoms with Crippen molar-refractivity contribution >= 4 is 7.92 Å². The quantitative estimate of drug-likeness (QED) is 0.527. The SMILES string of the molecule is CCP1C2CCCCC1CC2. The van der Waals surface area contributed by atoms with Gasteiger partial charge in [0.15, 0.2) is 0 Å². The van der Waals surface area contributed by atoms with Gasteiger partial charge in [-0.05, 0) is 43.2 Å². The third-order valence-corrected chi connectivity index (χ3v) is 7.10. The van der Waals surface area contributed by atoms with Crippen LogP contribution in [0.3, 0.4) is 0 Å². The second-order valence-electron chi connectivity index (χ2n) is 4.00. The Bertz CT molecular complexity index is 119. The summed E-state index contributed by atoms with van der Waals surface area (Å²) < 4.78 is 0. The van der Waals surface area contributed by atoms with Crippen molar-refractivity contribution in [2.24, 2.45) is 0 Å². The standard InChI is InChI=1S/C10H19P/c1-2-11-9-5-3-4-6-10(11)8-7-9/h9-10H,2-8H2,1H3. The van der Waals surface area contributed by atoms with Gasteiger partial charge in [0.2, 0.25) is 0 Å². The van der Waals surface area contributed by atoms with Gasteiger partial charge in [-0.15, -0.1) is 7.92 Å². The molecule has 0 aromatic rings.